The topological polar surface area (TPSA) is 29.1 Å². The maximum Gasteiger partial charge on any atom is 0.224 e. The Balaban J connectivity index is 2.30. The minimum absolute atomic E-state index is 0.126. The lowest BCUT2D eigenvalue weighted by Gasteiger charge is -2.25. The second kappa shape index (κ2) is 4.07. The number of hydrogen-bond acceptors (Lipinski definition) is 2. The third-order valence-corrected chi connectivity index (χ3v) is 2.77. The first kappa shape index (κ1) is 9.01. The molecule has 1 fully saturated rings. The second-order valence-corrected chi connectivity index (χ2v) is 3.51. The van der Waals surface area contributed by atoms with Gasteiger partial charge < -0.3 is 5.32 Å². The van der Waals surface area contributed by atoms with Crippen molar-refractivity contribution in [1.29, 1.82) is 0 Å². The average Bonchev–Trinajstić information content (AvgIpc) is 2.05. The van der Waals surface area contributed by atoms with E-state index in [-0.39, 0.29) is 11.2 Å². The Morgan fingerprint density at radius 3 is 2.27 bits per heavy atom. The SMILES string of the molecule is CNC1CCC(C(=O)Cl)CC1. The predicted octanol–water partition coefficient (Wildman–Crippen LogP) is 1.53. The van der Waals surface area contributed by atoms with E-state index in [0.717, 1.165) is 25.7 Å². The fourth-order valence-corrected chi connectivity index (χ4v) is 1.83. The van der Waals surface area contributed by atoms with Crippen LogP contribution in [0.2, 0.25) is 0 Å². The standard InChI is InChI=1S/C8H14ClNO/c1-10-7-4-2-6(3-5-7)8(9)11/h6-7,10H,2-5H2,1H3. The van der Waals surface area contributed by atoms with Gasteiger partial charge in [0.25, 0.3) is 0 Å². The summed E-state index contributed by atoms with van der Waals surface area (Å²) in [4.78, 5) is 10.7. The van der Waals surface area contributed by atoms with E-state index in [1.165, 1.54) is 0 Å². The smallest absolute Gasteiger partial charge is 0.224 e. The summed E-state index contributed by atoms with van der Waals surface area (Å²) in [6.45, 7) is 0. The van der Waals surface area contributed by atoms with Gasteiger partial charge in [-0.2, -0.15) is 0 Å². The van der Waals surface area contributed by atoms with E-state index in [0.29, 0.717) is 6.04 Å². The molecule has 0 amide bonds. The predicted molar refractivity (Wildman–Crippen MR) is 45.7 cm³/mol. The van der Waals surface area contributed by atoms with Crippen molar-refractivity contribution >= 4 is 16.8 Å². The summed E-state index contributed by atoms with van der Waals surface area (Å²) in [6.07, 6.45) is 4.07. The first-order chi connectivity index (χ1) is 5.24. The Labute approximate surface area is 72.3 Å². The summed E-state index contributed by atoms with van der Waals surface area (Å²) in [5.74, 6) is 0.126. The Morgan fingerprint density at radius 1 is 1.36 bits per heavy atom. The van der Waals surface area contributed by atoms with Crippen molar-refractivity contribution in [2.75, 3.05) is 7.05 Å². The van der Waals surface area contributed by atoms with Crippen LogP contribution in [0.4, 0.5) is 0 Å². The van der Waals surface area contributed by atoms with Crippen molar-refractivity contribution in [3.63, 3.8) is 0 Å². The normalized spacial score (nSPS) is 31.8. The molecule has 64 valence electrons. The van der Waals surface area contributed by atoms with Crippen LogP contribution in [0, 0.1) is 5.92 Å². The zero-order valence-corrected chi connectivity index (χ0v) is 7.53. The highest BCUT2D eigenvalue weighted by atomic mass is 35.5. The highest BCUT2D eigenvalue weighted by Crippen LogP contribution is 2.25. The lowest BCUT2D eigenvalue weighted by Crippen LogP contribution is -2.31. The zero-order chi connectivity index (χ0) is 8.27. The summed E-state index contributed by atoms with van der Waals surface area (Å²) < 4.78 is 0. The monoisotopic (exact) mass is 175 g/mol. The molecule has 1 aliphatic rings. The van der Waals surface area contributed by atoms with Gasteiger partial charge in [0.1, 0.15) is 0 Å². The van der Waals surface area contributed by atoms with E-state index in [1.54, 1.807) is 0 Å². The Morgan fingerprint density at radius 2 is 1.91 bits per heavy atom. The van der Waals surface area contributed by atoms with Crippen LogP contribution >= 0.6 is 11.6 Å². The molecule has 0 atom stereocenters. The molecule has 1 saturated carbocycles. The second-order valence-electron chi connectivity index (χ2n) is 3.14. The van der Waals surface area contributed by atoms with E-state index < -0.39 is 0 Å². The number of carbonyl (C=O) groups excluding carboxylic acids is 1. The minimum Gasteiger partial charge on any atom is -0.317 e. The van der Waals surface area contributed by atoms with Crippen molar-refractivity contribution in [3.8, 4) is 0 Å². The van der Waals surface area contributed by atoms with Gasteiger partial charge in [0.05, 0.1) is 0 Å². The number of hydrogen-bond donors (Lipinski definition) is 1. The van der Waals surface area contributed by atoms with Crippen molar-refractivity contribution in [3.05, 3.63) is 0 Å². The Kier molecular flexibility index (Phi) is 3.34. The lowest BCUT2D eigenvalue weighted by molar-refractivity contribution is -0.116. The van der Waals surface area contributed by atoms with Crippen LogP contribution in [-0.4, -0.2) is 18.3 Å². The molecule has 0 unspecified atom stereocenters. The molecule has 0 aromatic rings. The van der Waals surface area contributed by atoms with E-state index in [4.69, 9.17) is 11.6 Å². The van der Waals surface area contributed by atoms with Crippen molar-refractivity contribution in [1.82, 2.24) is 5.32 Å². The Hall–Kier alpha value is -0.0800. The van der Waals surface area contributed by atoms with Gasteiger partial charge >= 0.3 is 0 Å². The van der Waals surface area contributed by atoms with Gasteiger partial charge in [-0.05, 0) is 44.3 Å². The lowest BCUT2D eigenvalue weighted by atomic mass is 9.87. The number of carbonyl (C=O) groups is 1. The molecule has 0 aromatic carbocycles. The molecule has 0 aliphatic heterocycles. The van der Waals surface area contributed by atoms with Crippen LogP contribution in [0.15, 0.2) is 0 Å². The van der Waals surface area contributed by atoms with Crippen LogP contribution < -0.4 is 5.32 Å². The third kappa shape index (κ3) is 2.46. The fraction of sp³-hybridized carbons (Fsp3) is 0.875. The van der Waals surface area contributed by atoms with Crippen LogP contribution in [-0.2, 0) is 4.79 Å². The van der Waals surface area contributed by atoms with Crippen LogP contribution in [0.1, 0.15) is 25.7 Å². The summed E-state index contributed by atoms with van der Waals surface area (Å²) >= 11 is 5.39. The molecule has 1 rings (SSSR count). The van der Waals surface area contributed by atoms with Gasteiger partial charge in [-0.1, -0.05) is 0 Å². The maximum absolute atomic E-state index is 10.7. The minimum atomic E-state index is -0.153. The number of rotatable bonds is 2. The molecule has 0 aromatic heterocycles. The summed E-state index contributed by atoms with van der Waals surface area (Å²) in [5.41, 5.74) is 0. The zero-order valence-electron chi connectivity index (χ0n) is 6.77. The van der Waals surface area contributed by atoms with E-state index >= 15 is 0 Å². The summed E-state index contributed by atoms with van der Waals surface area (Å²) in [6, 6.07) is 0.599. The molecular weight excluding hydrogens is 162 g/mol. The molecule has 2 nitrogen and oxygen atoms in total. The van der Waals surface area contributed by atoms with Gasteiger partial charge in [0.2, 0.25) is 5.24 Å². The van der Waals surface area contributed by atoms with Gasteiger partial charge in [0, 0.05) is 12.0 Å². The van der Waals surface area contributed by atoms with Crippen LogP contribution in [0.5, 0.6) is 0 Å². The average molecular weight is 176 g/mol. The maximum atomic E-state index is 10.7. The largest absolute Gasteiger partial charge is 0.317 e. The molecule has 0 spiro atoms. The number of nitrogens with one attached hydrogen (secondary N) is 1. The van der Waals surface area contributed by atoms with Gasteiger partial charge in [-0.25, -0.2) is 0 Å². The van der Waals surface area contributed by atoms with Gasteiger partial charge in [0.15, 0.2) is 0 Å². The quantitative estimate of drug-likeness (QED) is 0.645. The molecule has 1 aliphatic carbocycles. The van der Waals surface area contributed by atoms with Crippen molar-refractivity contribution in [2.24, 2.45) is 5.92 Å². The molecule has 11 heavy (non-hydrogen) atoms. The van der Waals surface area contributed by atoms with Crippen LogP contribution in [0.25, 0.3) is 0 Å². The van der Waals surface area contributed by atoms with Crippen LogP contribution in [0.3, 0.4) is 0 Å². The molecule has 0 heterocycles. The number of halogens is 1. The molecule has 0 radical (unpaired) electrons. The highest BCUT2D eigenvalue weighted by Gasteiger charge is 2.23. The van der Waals surface area contributed by atoms with Gasteiger partial charge in [-0.15, -0.1) is 0 Å². The highest BCUT2D eigenvalue weighted by molar-refractivity contribution is 6.63. The first-order valence-electron chi connectivity index (χ1n) is 4.10. The van der Waals surface area contributed by atoms with E-state index in [9.17, 15) is 4.79 Å². The van der Waals surface area contributed by atoms with Crippen molar-refractivity contribution < 1.29 is 4.79 Å². The Bertz CT molecular complexity index is 141. The summed E-state index contributed by atoms with van der Waals surface area (Å²) in [5, 5.41) is 3.06. The van der Waals surface area contributed by atoms with Crippen molar-refractivity contribution in [2.45, 2.75) is 31.7 Å². The van der Waals surface area contributed by atoms with Gasteiger partial charge in [-0.3, -0.25) is 4.79 Å². The third-order valence-electron chi connectivity index (χ3n) is 2.46. The molecule has 0 bridgehead atoms. The molecule has 0 saturated heterocycles. The first-order valence-corrected chi connectivity index (χ1v) is 4.48. The summed E-state index contributed by atoms with van der Waals surface area (Å²) in [7, 11) is 1.97. The van der Waals surface area contributed by atoms with E-state index in [2.05, 4.69) is 5.32 Å². The fourth-order valence-electron chi connectivity index (χ4n) is 1.61. The van der Waals surface area contributed by atoms with E-state index in [1.807, 2.05) is 7.05 Å². The molecule has 1 N–H and O–H groups in total. The molecular formula is C8H14ClNO. The molecule has 3 heteroatoms.